The maximum absolute atomic E-state index is 13.1. The summed E-state index contributed by atoms with van der Waals surface area (Å²) in [5, 5.41) is 2.74. The molecule has 0 spiro atoms. The summed E-state index contributed by atoms with van der Waals surface area (Å²) in [5.74, 6) is 0.283. The molecule has 1 N–H and O–H groups in total. The largest absolute Gasteiger partial charge is 0.478 e. The Morgan fingerprint density at radius 1 is 1.13 bits per heavy atom. The average Bonchev–Trinajstić information content (AvgIpc) is 2.78. The van der Waals surface area contributed by atoms with Crippen molar-refractivity contribution in [2.75, 3.05) is 31.5 Å². The summed E-state index contributed by atoms with van der Waals surface area (Å²) in [6, 6.07) is 4.57. The minimum absolute atomic E-state index is 0.100. The molecule has 1 aromatic rings. The molecule has 0 aliphatic carbocycles. The summed E-state index contributed by atoms with van der Waals surface area (Å²) in [5.41, 5.74) is 0.376. The summed E-state index contributed by atoms with van der Waals surface area (Å²) in [7, 11) is -3.70. The number of carbonyl (C=O) groups excluding carboxylic acids is 2. The van der Waals surface area contributed by atoms with E-state index < -0.39 is 16.1 Å². The van der Waals surface area contributed by atoms with Crippen molar-refractivity contribution in [3.63, 3.8) is 0 Å². The van der Waals surface area contributed by atoms with Crippen LogP contribution in [0.3, 0.4) is 0 Å². The number of sulfonamides is 1. The topological polar surface area (TPSA) is 96.0 Å². The third kappa shape index (κ3) is 4.05. The number of piperidine rings is 2. The zero-order valence-corrected chi connectivity index (χ0v) is 18.1. The lowest BCUT2D eigenvalue weighted by Crippen LogP contribution is -2.45. The number of benzene rings is 1. The standard InChI is InChI=1S/C21H29N3O5S/c1-2-18-20(25)22-17-14-16(6-7-19(17)29-18)30(27,28)24-12-8-15(9-13-24)21(26)23-10-4-3-5-11-23/h6-7,14-15,18H,2-5,8-13H2,1H3,(H,22,25). The molecular formula is C21H29N3O5S. The van der Waals surface area contributed by atoms with Gasteiger partial charge in [-0.2, -0.15) is 4.31 Å². The van der Waals surface area contributed by atoms with Gasteiger partial charge in [-0.3, -0.25) is 9.59 Å². The van der Waals surface area contributed by atoms with Crippen molar-refractivity contribution in [2.24, 2.45) is 5.92 Å². The lowest BCUT2D eigenvalue weighted by molar-refractivity contribution is -0.137. The fourth-order valence-electron chi connectivity index (χ4n) is 4.42. The number of anilines is 1. The van der Waals surface area contributed by atoms with Gasteiger partial charge < -0.3 is 15.0 Å². The number of nitrogens with zero attached hydrogens (tertiary/aromatic N) is 2. The first-order chi connectivity index (χ1) is 14.4. The number of rotatable bonds is 4. The van der Waals surface area contributed by atoms with E-state index in [0.29, 0.717) is 43.8 Å². The van der Waals surface area contributed by atoms with Crippen LogP contribution in [0.1, 0.15) is 45.4 Å². The second-order valence-electron chi connectivity index (χ2n) is 8.23. The number of carbonyl (C=O) groups is 2. The lowest BCUT2D eigenvalue weighted by atomic mass is 9.95. The van der Waals surface area contributed by atoms with Gasteiger partial charge >= 0.3 is 0 Å². The number of fused-ring (bicyclic) bond motifs is 1. The van der Waals surface area contributed by atoms with E-state index in [1.807, 2.05) is 11.8 Å². The van der Waals surface area contributed by atoms with Crippen LogP contribution < -0.4 is 10.1 Å². The predicted molar refractivity (Wildman–Crippen MR) is 112 cm³/mol. The summed E-state index contributed by atoms with van der Waals surface area (Å²) < 4.78 is 33.3. The van der Waals surface area contributed by atoms with E-state index in [0.717, 1.165) is 25.9 Å². The SMILES string of the molecule is CCC1Oc2ccc(S(=O)(=O)N3CCC(C(=O)N4CCCCC4)CC3)cc2NC1=O. The monoisotopic (exact) mass is 435 g/mol. The first-order valence-corrected chi connectivity index (χ1v) is 12.2. The zero-order chi connectivity index (χ0) is 21.3. The smallest absolute Gasteiger partial charge is 0.265 e. The summed E-state index contributed by atoms with van der Waals surface area (Å²) in [6.07, 6.45) is 4.33. The van der Waals surface area contributed by atoms with Crippen molar-refractivity contribution in [1.29, 1.82) is 0 Å². The van der Waals surface area contributed by atoms with Crippen molar-refractivity contribution >= 4 is 27.5 Å². The highest BCUT2D eigenvalue weighted by atomic mass is 32.2. The Hall–Kier alpha value is -2.13. The number of ether oxygens (including phenoxy) is 1. The molecule has 0 saturated carbocycles. The van der Waals surface area contributed by atoms with Crippen LogP contribution in [-0.4, -0.2) is 61.7 Å². The highest BCUT2D eigenvalue weighted by molar-refractivity contribution is 7.89. The van der Waals surface area contributed by atoms with Gasteiger partial charge in [0.2, 0.25) is 15.9 Å². The molecule has 2 fully saturated rings. The first kappa shape index (κ1) is 21.1. The molecule has 1 atom stereocenters. The number of amides is 2. The van der Waals surface area contributed by atoms with E-state index in [1.165, 1.54) is 22.9 Å². The Morgan fingerprint density at radius 3 is 2.50 bits per heavy atom. The molecule has 164 valence electrons. The summed E-state index contributed by atoms with van der Waals surface area (Å²) in [6.45, 7) is 4.14. The third-order valence-electron chi connectivity index (χ3n) is 6.25. The van der Waals surface area contributed by atoms with Gasteiger partial charge in [-0.15, -0.1) is 0 Å². The normalized spacial score (nSPS) is 23.4. The van der Waals surface area contributed by atoms with Crippen LogP contribution >= 0.6 is 0 Å². The maximum Gasteiger partial charge on any atom is 0.265 e. The molecule has 4 rings (SSSR count). The van der Waals surface area contributed by atoms with Crippen LogP contribution in [0.25, 0.3) is 0 Å². The fraction of sp³-hybridized carbons (Fsp3) is 0.619. The van der Waals surface area contributed by atoms with E-state index in [2.05, 4.69) is 5.32 Å². The third-order valence-corrected chi connectivity index (χ3v) is 8.14. The van der Waals surface area contributed by atoms with E-state index in [9.17, 15) is 18.0 Å². The van der Waals surface area contributed by atoms with Crippen molar-refractivity contribution in [3.05, 3.63) is 18.2 Å². The van der Waals surface area contributed by atoms with Crippen LogP contribution in [0.15, 0.2) is 23.1 Å². The Kier molecular flexibility index (Phi) is 6.02. The van der Waals surface area contributed by atoms with Gasteiger partial charge in [-0.05, 0) is 56.7 Å². The summed E-state index contributed by atoms with van der Waals surface area (Å²) >= 11 is 0. The van der Waals surface area contributed by atoms with Gasteiger partial charge in [0.25, 0.3) is 5.91 Å². The van der Waals surface area contributed by atoms with Crippen LogP contribution in [0, 0.1) is 5.92 Å². The Balaban J connectivity index is 1.43. The quantitative estimate of drug-likeness (QED) is 0.782. The van der Waals surface area contributed by atoms with Crippen LogP contribution in [0.4, 0.5) is 5.69 Å². The number of nitrogens with one attached hydrogen (secondary N) is 1. The molecular weight excluding hydrogens is 406 g/mol. The Labute approximate surface area is 177 Å². The zero-order valence-electron chi connectivity index (χ0n) is 17.3. The first-order valence-electron chi connectivity index (χ1n) is 10.8. The fourth-order valence-corrected chi connectivity index (χ4v) is 5.92. The van der Waals surface area contributed by atoms with Gasteiger partial charge in [0.05, 0.1) is 10.6 Å². The molecule has 0 bridgehead atoms. The molecule has 0 aromatic heterocycles. The van der Waals surface area contributed by atoms with Crippen LogP contribution in [0.2, 0.25) is 0 Å². The molecule has 3 aliphatic rings. The van der Waals surface area contributed by atoms with Crippen LogP contribution in [0.5, 0.6) is 5.75 Å². The summed E-state index contributed by atoms with van der Waals surface area (Å²) in [4.78, 5) is 26.8. The van der Waals surface area contributed by atoms with Gasteiger partial charge in [0, 0.05) is 32.1 Å². The molecule has 3 heterocycles. The molecule has 9 heteroatoms. The average molecular weight is 436 g/mol. The highest BCUT2D eigenvalue weighted by Crippen LogP contribution is 2.34. The minimum atomic E-state index is -3.70. The second kappa shape index (κ2) is 8.55. The predicted octanol–water partition coefficient (Wildman–Crippen LogP) is 2.21. The van der Waals surface area contributed by atoms with E-state index in [-0.39, 0.29) is 22.6 Å². The van der Waals surface area contributed by atoms with Gasteiger partial charge in [0.1, 0.15) is 5.75 Å². The molecule has 30 heavy (non-hydrogen) atoms. The highest BCUT2D eigenvalue weighted by Gasteiger charge is 2.35. The second-order valence-corrected chi connectivity index (χ2v) is 10.2. The van der Waals surface area contributed by atoms with Crippen molar-refractivity contribution < 1.29 is 22.7 Å². The van der Waals surface area contributed by atoms with Gasteiger partial charge in [0.15, 0.2) is 6.10 Å². The molecule has 2 saturated heterocycles. The van der Waals surface area contributed by atoms with E-state index in [4.69, 9.17) is 4.74 Å². The molecule has 1 aromatic carbocycles. The van der Waals surface area contributed by atoms with Crippen molar-refractivity contribution in [2.45, 2.75) is 56.4 Å². The van der Waals surface area contributed by atoms with Crippen molar-refractivity contribution in [1.82, 2.24) is 9.21 Å². The lowest BCUT2D eigenvalue weighted by Gasteiger charge is -2.35. The Morgan fingerprint density at radius 2 is 1.83 bits per heavy atom. The number of likely N-dealkylation sites (tertiary alicyclic amines) is 1. The number of hydrogen-bond acceptors (Lipinski definition) is 5. The van der Waals surface area contributed by atoms with Crippen LogP contribution in [-0.2, 0) is 19.6 Å². The molecule has 2 amide bonds. The number of hydrogen-bond donors (Lipinski definition) is 1. The van der Waals surface area contributed by atoms with Crippen molar-refractivity contribution in [3.8, 4) is 5.75 Å². The molecule has 3 aliphatic heterocycles. The molecule has 1 unspecified atom stereocenters. The van der Waals surface area contributed by atoms with E-state index in [1.54, 1.807) is 6.07 Å². The molecule has 0 radical (unpaired) electrons. The maximum atomic E-state index is 13.1. The van der Waals surface area contributed by atoms with Gasteiger partial charge in [-0.1, -0.05) is 6.92 Å². The minimum Gasteiger partial charge on any atom is -0.478 e. The van der Waals surface area contributed by atoms with E-state index >= 15 is 0 Å². The van der Waals surface area contributed by atoms with Gasteiger partial charge in [-0.25, -0.2) is 8.42 Å². The Bertz CT molecular complexity index is 919. The molecule has 8 nitrogen and oxygen atoms in total.